The quantitative estimate of drug-likeness (QED) is 0.115. The first-order valence-corrected chi connectivity index (χ1v) is 14.4. The lowest BCUT2D eigenvalue weighted by atomic mass is 10.2. The van der Waals surface area contributed by atoms with Crippen molar-refractivity contribution < 1.29 is 17.7 Å². The van der Waals surface area contributed by atoms with Crippen LogP contribution in [0.3, 0.4) is 0 Å². The molecule has 0 aliphatic carbocycles. The lowest BCUT2D eigenvalue weighted by Gasteiger charge is -2.28. The highest BCUT2D eigenvalue weighted by molar-refractivity contribution is 6.53. The van der Waals surface area contributed by atoms with Crippen molar-refractivity contribution in [3.63, 3.8) is 0 Å². The van der Waals surface area contributed by atoms with Crippen LogP contribution in [0.4, 0.5) is 0 Å². The van der Waals surface area contributed by atoms with Gasteiger partial charge in [0.1, 0.15) is 0 Å². The molecule has 0 heterocycles. The van der Waals surface area contributed by atoms with Gasteiger partial charge in [0.05, 0.1) is 0 Å². The zero-order valence-electron chi connectivity index (χ0n) is 20.3. The summed E-state index contributed by atoms with van der Waals surface area (Å²) in [4.78, 5) is 0. The molecule has 0 spiro atoms. The molecule has 0 aliphatic heterocycles. The molecule has 0 N–H and O–H groups in total. The fourth-order valence-electron chi connectivity index (χ4n) is 3.19. The van der Waals surface area contributed by atoms with Crippen LogP contribution in [-0.2, 0) is 17.7 Å². The summed E-state index contributed by atoms with van der Waals surface area (Å²) in [6.07, 6.45) is 19.3. The maximum atomic E-state index is 6.24. The van der Waals surface area contributed by atoms with Gasteiger partial charge >= 0.3 is 9.05 Å². The molecule has 0 atom stereocenters. The van der Waals surface area contributed by atoms with Crippen LogP contribution in [0.25, 0.3) is 0 Å². The van der Waals surface area contributed by atoms with Gasteiger partial charge in [-0.2, -0.15) is 0 Å². The molecule has 5 heteroatoms. The molecule has 0 bridgehead atoms. The third-order valence-electron chi connectivity index (χ3n) is 5.06. The van der Waals surface area contributed by atoms with Gasteiger partial charge in [-0.15, -0.1) is 0 Å². The van der Waals surface area contributed by atoms with Crippen LogP contribution < -0.4 is 0 Å². The van der Waals surface area contributed by atoms with Gasteiger partial charge in [-0.1, -0.05) is 105 Å². The summed E-state index contributed by atoms with van der Waals surface area (Å²) >= 11 is 0. The first-order chi connectivity index (χ1) is 14.2. The first kappa shape index (κ1) is 29.1. The molecule has 0 aromatic carbocycles. The average molecular weight is 433 g/mol. The Kier molecular flexibility index (Phi) is 22.8. The Hall–Kier alpha value is 0.0569. The number of hydrogen-bond acceptors (Lipinski definition) is 4. The lowest BCUT2D eigenvalue weighted by Crippen LogP contribution is -2.50. The molecule has 176 valence electrons. The summed E-state index contributed by atoms with van der Waals surface area (Å²) in [6.45, 7) is 11.6. The van der Waals surface area contributed by atoms with E-state index in [1.807, 2.05) is 0 Å². The molecule has 0 saturated carbocycles. The maximum absolute atomic E-state index is 6.24. The Bertz CT molecular complexity index is 274. The molecule has 0 saturated heterocycles. The summed E-state index contributed by atoms with van der Waals surface area (Å²) in [6, 6.07) is 0. The summed E-state index contributed by atoms with van der Waals surface area (Å²) in [5, 5.41) is 0. The van der Waals surface area contributed by atoms with Gasteiger partial charge in [-0.25, -0.2) is 0 Å². The van der Waals surface area contributed by atoms with Gasteiger partial charge in [0.25, 0.3) is 0 Å². The molecule has 0 radical (unpaired) electrons. The molecule has 0 rings (SSSR count). The molecule has 0 fully saturated rings. The number of hydrogen-bond donors (Lipinski definition) is 0. The zero-order chi connectivity index (χ0) is 21.5. The van der Waals surface area contributed by atoms with Crippen molar-refractivity contribution in [2.75, 3.05) is 26.4 Å². The molecule has 0 aliphatic rings. The molecule has 0 amide bonds. The number of unbranched alkanes of at least 4 members (excludes halogenated alkanes) is 12. The van der Waals surface area contributed by atoms with E-state index in [1.165, 1.54) is 77.0 Å². The fraction of sp³-hybridized carbons (Fsp3) is 1.00. The minimum atomic E-state index is -3.02. The first-order valence-electron chi connectivity index (χ1n) is 12.8. The van der Waals surface area contributed by atoms with Crippen molar-refractivity contribution in [1.29, 1.82) is 0 Å². The van der Waals surface area contributed by atoms with Gasteiger partial charge in [-0.05, 0) is 25.7 Å². The number of rotatable bonds is 24. The standard InChI is InChI=1S/C24H52O4Si/c1-5-9-12-15-18-22-26-29(25-21-8-4,27-23-19-16-13-10-6-2)28-24-20-17-14-11-7-3/h5-24H2,1-4H3. The Balaban J connectivity index is 4.52. The minimum Gasteiger partial charge on any atom is -0.351 e. The highest BCUT2D eigenvalue weighted by Gasteiger charge is 2.45. The van der Waals surface area contributed by atoms with E-state index in [4.69, 9.17) is 17.7 Å². The SMILES string of the molecule is CCCCCCCO[Si](OCCC)(OCCCCCCC)OCCCCCCC. The van der Waals surface area contributed by atoms with E-state index in [-0.39, 0.29) is 0 Å². The third-order valence-corrected chi connectivity index (χ3v) is 7.29. The Morgan fingerprint density at radius 3 is 0.966 bits per heavy atom. The van der Waals surface area contributed by atoms with Crippen LogP contribution in [0.2, 0.25) is 0 Å². The second-order valence-corrected chi connectivity index (χ2v) is 10.3. The van der Waals surface area contributed by atoms with Gasteiger partial charge in [0.15, 0.2) is 0 Å². The van der Waals surface area contributed by atoms with Crippen LogP contribution in [0.1, 0.15) is 130 Å². The van der Waals surface area contributed by atoms with Gasteiger partial charge in [-0.3, -0.25) is 0 Å². The van der Waals surface area contributed by atoms with Crippen LogP contribution in [0.15, 0.2) is 0 Å². The minimum absolute atomic E-state index is 0.647. The fourth-order valence-corrected chi connectivity index (χ4v) is 5.32. The average Bonchev–Trinajstić information content (AvgIpc) is 2.74. The Morgan fingerprint density at radius 1 is 0.345 bits per heavy atom. The predicted molar refractivity (Wildman–Crippen MR) is 126 cm³/mol. The monoisotopic (exact) mass is 432 g/mol. The van der Waals surface area contributed by atoms with Crippen molar-refractivity contribution in [2.45, 2.75) is 130 Å². The predicted octanol–water partition coefficient (Wildman–Crippen LogP) is 7.81. The van der Waals surface area contributed by atoms with Gasteiger partial charge in [0, 0.05) is 26.4 Å². The Morgan fingerprint density at radius 2 is 0.655 bits per heavy atom. The molecule has 29 heavy (non-hydrogen) atoms. The summed E-state index contributed by atoms with van der Waals surface area (Å²) < 4.78 is 24.9. The normalized spacial score (nSPS) is 12.0. The van der Waals surface area contributed by atoms with E-state index in [0.29, 0.717) is 26.4 Å². The highest BCUT2D eigenvalue weighted by atomic mass is 28.4. The van der Waals surface area contributed by atoms with E-state index in [0.717, 1.165) is 25.7 Å². The lowest BCUT2D eigenvalue weighted by molar-refractivity contribution is -0.0368. The molecule has 0 aromatic rings. The topological polar surface area (TPSA) is 36.9 Å². The van der Waals surface area contributed by atoms with E-state index in [1.54, 1.807) is 0 Å². The molecule has 0 unspecified atom stereocenters. The zero-order valence-corrected chi connectivity index (χ0v) is 21.3. The van der Waals surface area contributed by atoms with Gasteiger partial charge < -0.3 is 17.7 Å². The van der Waals surface area contributed by atoms with E-state index in [2.05, 4.69) is 27.7 Å². The van der Waals surface area contributed by atoms with Crippen LogP contribution in [-0.4, -0.2) is 35.5 Å². The van der Waals surface area contributed by atoms with Crippen molar-refractivity contribution in [3.8, 4) is 0 Å². The molecular weight excluding hydrogens is 380 g/mol. The van der Waals surface area contributed by atoms with Crippen molar-refractivity contribution >= 4 is 9.05 Å². The second kappa shape index (κ2) is 22.7. The van der Waals surface area contributed by atoms with E-state index >= 15 is 0 Å². The van der Waals surface area contributed by atoms with Crippen LogP contribution in [0.5, 0.6) is 0 Å². The summed E-state index contributed by atoms with van der Waals surface area (Å²) in [7, 11) is -3.02. The smallest absolute Gasteiger partial charge is 0.351 e. The van der Waals surface area contributed by atoms with Crippen molar-refractivity contribution in [2.24, 2.45) is 0 Å². The summed E-state index contributed by atoms with van der Waals surface area (Å²) in [5.74, 6) is 0. The Labute approximate surface area is 183 Å². The van der Waals surface area contributed by atoms with Gasteiger partial charge in [0.2, 0.25) is 0 Å². The second-order valence-electron chi connectivity index (χ2n) is 8.14. The van der Waals surface area contributed by atoms with Crippen LogP contribution in [0, 0.1) is 0 Å². The molecule has 0 aromatic heterocycles. The van der Waals surface area contributed by atoms with E-state index in [9.17, 15) is 0 Å². The maximum Gasteiger partial charge on any atom is 0.679 e. The van der Waals surface area contributed by atoms with E-state index < -0.39 is 9.05 Å². The largest absolute Gasteiger partial charge is 0.679 e. The molecular formula is C24H52O4Si. The third kappa shape index (κ3) is 18.5. The summed E-state index contributed by atoms with van der Waals surface area (Å²) in [5.41, 5.74) is 0. The van der Waals surface area contributed by atoms with Crippen LogP contribution >= 0.6 is 0 Å². The van der Waals surface area contributed by atoms with Crippen molar-refractivity contribution in [3.05, 3.63) is 0 Å². The van der Waals surface area contributed by atoms with Crippen molar-refractivity contribution in [1.82, 2.24) is 0 Å². The molecule has 4 nitrogen and oxygen atoms in total. The highest BCUT2D eigenvalue weighted by Crippen LogP contribution is 2.17.